The molecule has 1 fully saturated rings. The van der Waals surface area contributed by atoms with Gasteiger partial charge in [-0.25, -0.2) is 4.79 Å². The van der Waals surface area contributed by atoms with E-state index in [2.05, 4.69) is 22.6 Å². The Morgan fingerprint density at radius 1 is 1.24 bits per heavy atom. The van der Waals surface area contributed by atoms with Gasteiger partial charge >= 0.3 is 5.97 Å². The molecule has 1 aromatic carbocycles. The van der Waals surface area contributed by atoms with Gasteiger partial charge < -0.3 is 14.4 Å². The summed E-state index contributed by atoms with van der Waals surface area (Å²) in [6.45, 7) is 4.68. The molecule has 0 aromatic heterocycles. The summed E-state index contributed by atoms with van der Waals surface area (Å²) in [6, 6.07) is 7.02. The molecule has 0 N–H and O–H groups in total. The summed E-state index contributed by atoms with van der Waals surface area (Å²) < 4.78 is 11.7. The van der Waals surface area contributed by atoms with Crippen LogP contribution in [0, 0.1) is 3.57 Å². The summed E-state index contributed by atoms with van der Waals surface area (Å²) in [5.74, 6) is -0.662. The number of ether oxygens (including phenoxy) is 2. The summed E-state index contributed by atoms with van der Waals surface area (Å²) in [5.41, 5.74) is 0.451. The molecule has 0 spiro atoms. The second-order valence-corrected chi connectivity index (χ2v) is 6.38. The van der Waals surface area contributed by atoms with Gasteiger partial charge in [0.15, 0.2) is 6.61 Å². The van der Waals surface area contributed by atoms with E-state index in [1.807, 2.05) is 26.0 Å². The molecule has 21 heavy (non-hydrogen) atoms. The van der Waals surface area contributed by atoms with Crippen molar-refractivity contribution in [2.45, 2.75) is 26.1 Å². The zero-order valence-electron chi connectivity index (χ0n) is 12.0. The summed E-state index contributed by atoms with van der Waals surface area (Å²) in [7, 11) is 0. The fraction of sp³-hybridized carbons (Fsp3) is 0.467. The Labute approximate surface area is 137 Å². The van der Waals surface area contributed by atoms with Gasteiger partial charge in [-0.1, -0.05) is 0 Å². The van der Waals surface area contributed by atoms with Crippen LogP contribution in [0.15, 0.2) is 24.3 Å². The average molecular weight is 403 g/mol. The first-order valence-corrected chi connectivity index (χ1v) is 7.89. The fourth-order valence-corrected chi connectivity index (χ4v) is 2.63. The molecule has 6 heteroatoms. The molecule has 1 saturated heterocycles. The Balaban J connectivity index is 1.86. The first kappa shape index (κ1) is 16.2. The lowest BCUT2D eigenvalue weighted by Crippen LogP contribution is -2.49. The highest BCUT2D eigenvalue weighted by atomic mass is 127. The molecule has 1 amide bonds. The molecule has 0 aliphatic carbocycles. The van der Waals surface area contributed by atoms with Crippen LogP contribution >= 0.6 is 22.6 Å². The number of hydrogen-bond donors (Lipinski definition) is 0. The van der Waals surface area contributed by atoms with Crippen molar-refractivity contribution in [1.29, 1.82) is 0 Å². The van der Waals surface area contributed by atoms with Crippen molar-refractivity contribution in [3.63, 3.8) is 0 Å². The third-order valence-corrected chi connectivity index (χ3v) is 3.90. The highest BCUT2D eigenvalue weighted by Gasteiger charge is 2.26. The molecule has 0 unspecified atom stereocenters. The van der Waals surface area contributed by atoms with Gasteiger partial charge in [-0.3, -0.25) is 4.79 Å². The van der Waals surface area contributed by atoms with Crippen LogP contribution in [0.25, 0.3) is 0 Å². The van der Waals surface area contributed by atoms with E-state index >= 15 is 0 Å². The van der Waals surface area contributed by atoms with E-state index in [1.54, 1.807) is 17.0 Å². The molecule has 114 valence electrons. The maximum Gasteiger partial charge on any atom is 0.338 e. The van der Waals surface area contributed by atoms with Crippen LogP contribution in [-0.2, 0) is 14.3 Å². The van der Waals surface area contributed by atoms with E-state index in [1.165, 1.54) is 0 Å². The van der Waals surface area contributed by atoms with Crippen LogP contribution in [0.5, 0.6) is 0 Å². The van der Waals surface area contributed by atoms with Crippen molar-refractivity contribution < 1.29 is 19.1 Å². The van der Waals surface area contributed by atoms with Crippen molar-refractivity contribution in [3.05, 3.63) is 33.4 Å². The molecular weight excluding hydrogens is 385 g/mol. The topological polar surface area (TPSA) is 55.8 Å². The zero-order valence-corrected chi connectivity index (χ0v) is 14.2. The average Bonchev–Trinajstić information content (AvgIpc) is 2.44. The molecule has 0 radical (unpaired) electrons. The van der Waals surface area contributed by atoms with Gasteiger partial charge in [0.05, 0.1) is 17.8 Å². The minimum Gasteiger partial charge on any atom is -0.452 e. The van der Waals surface area contributed by atoms with Crippen LogP contribution in [0.1, 0.15) is 24.2 Å². The molecule has 1 heterocycles. The standard InChI is InChI=1S/C15H18INO4/c1-10-7-17(8-11(2)21-10)14(18)9-20-15(19)12-3-5-13(16)6-4-12/h3-6,10-11H,7-9H2,1-2H3/t10-,11+. The molecule has 2 rings (SSSR count). The summed E-state index contributed by atoms with van der Waals surface area (Å²) >= 11 is 2.16. The molecule has 0 saturated carbocycles. The molecular formula is C15H18INO4. The lowest BCUT2D eigenvalue weighted by atomic mass is 10.2. The first-order chi connectivity index (χ1) is 9.95. The third-order valence-electron chi connectivity index (χ3n) is 3.18. The number of nitrogens with zero attached hydrogens (tertiary/aromatic N) is 1. The van der Waals surface area contributed by atoms with Crippen molar-refractivity contribution in [2.24, 2.45) is 0 Å². The van der Waals surface area contributed by atoms with Crippen LogP contribution < -0.4 is 0 Å². The maximum absolute atomic E-state index is 12.1. The Kier molecular flexibility index (Phi) is 5.58. The number of carbonyl (C=O) groups excluding carboxylic acids is 2. The van der Waals surface area contributed by atoms with E-state index in [9.17, 15) is 9.59 Å². The number of amides is 1. The summed E-state index contributed by atoms with van der Waals surface area (Å²) in [5, 5.41) is 0. The molecule has 1 aromatic rings. The van der Waals surface area contributed by atoms with E-state index in [0.717, 1.165) is 3.57 Å². The van der Waals surface area contributed by atoms with Crippen LogP contribution in [0.3, 0.4) is 0 Å². The van der Waals surface area contributed by atoms with Gasteiger partial charge in [0.1, 0.15) is 0 Å². The van der Waals surface area contributed by atoms with Gasteiger partial charge in [0, 0.05) is 16.7 Å². The number of esters is 1. The fourth-order valence-electron chi connectivity index (χ4n) is 2.27. The quantitative estimate of drug-likeness (QED) is 0.573. The van der Waals surface area contributed by atoms with Crippen LogP contribution in [0.4, 0.5) is 0 Å². The highest BCUT2D eigenvalue weighted by Crippen LogP contribution is 2.11. The van der Waals surface area contributed by atoms with E-state index < -0.39 is 5.97 Å². The SMILES string of the molecule is C[C@@H]1CN(C(=O)COC(=O)c2ccc(I)cc2)C[C@H](C)O1. The Morgan fingerprint density at radius 2 is 1.81 bits per heavy atom. The first-order valence-electron chi connectivity index (χ1n) is 6.81. The number of hydrogen-bond acceptors (Lipinski definition) is 4. The van der Waals surface area contributed by atoms with E-state index in [4.69, 9.17) is 9.47 Å². The van der Waals surface area contributed by atoms with Crippen LogP contribution in [0.2, 0.25) is 0 Å². The summed E-state index contributed by atoms with van der Waals surface area (Å²) in [6.07, 6.45) is 0.00852. The predicted octanol–water partition coefficient (Wildman–Crippen LogP) is 2.08. The Morgan fingerprint density at radius 3 is 2.38 bits per heavy atom. The van der Waals surface area contributed by atoms with Gasteiger partial charge in [-0.05, 0) is 60.7 Å². The Bertz CT molecular complexity index is 507. The van der Waals surface area contributed by atoms with Crippen molar-refractivity contribution >= 4 is 34.5 Å². The van der Waals surface area contributed by atoms with Gasteiger partial charge in [-0.15, -0.1) is 0 Å². The maximum atomic E-state index is 12.1. The van der Waals surface area contributed by atoms with Gasteiger partial charge in [-0.2, -0.15) is 0 Å². The largest absolute Gasteiger partial charge is 0.452 e. The smallest absolute Gasteiger partial charge is 0.338 e. The molecule has 5 nitrogen and oxygen atoms in total. The number of carbonyl (C=O) groups is 2. The zero-order chi connectivity index (χ0) is 15.4. The number of morpholine rings is 1. The molecule has 0 bridgehead atoms. The Hall–Kier alpha value is -1.15. The lowest BCUT2D eigenvalue weighted by Gasteiger charge is -2.35. The predicted molar refractivity (Wildman–Crippen MR) is 86.0 cm³/mol. The van der Waals surface area contributed by atoms with Crippen molar-refractivity contribution in [1.82, 2.24) is 4.90 Å². The molecule has 2 atom stereocenters. The molecule has 1 aliphatic rings. The second-order valence-electron chi connectivity index (χ2n) is 5.14. The minimum atomic E-state index is -0.478. The minimum absolute atomic E-state index is 0.00426. The van der Waals surface area contributed by atoms with E-state index in [-0.39, 0.29) is 24.7 Å². The number of rotatable bonds is 3. The van der Waals surface area contributed by atoms with Gasteiger partial charge in [0.2, 0.25) is 0 Å². The number of benzene rings is 1. The monoisotopic (exact) mass is 403 g/mol. The second kappa shape index (κ2) is 7.22. The highest BCUT2D eigenvalue weighted by molar-refractivity contribution is 14.1. The third kappa shape index (κ3) is 4.67. The van der Waals surface area contributed by atoms with Crippen molar-refractivity contribution in [3.8, 4) is 0 Å². The van der Waals surface area contributed by atoms with Crippen molar-refractivity contribution in [2.75, 3.05) is 19.7 Å². The summed E-state index contributed by atoms with van der Waals surface area (Å²) in [4.78, 5) is 25.6. The molecule has 1 aliphatic heterocycles. The van der Waals surface area contributed by atoms with Gasteiger partial charge in [0.25, 0.3) is 5.91 Å². The lowest BCUT2D eigenvalue weighted by molar-refractivity contribution is -0.146. The van der Waals surface area contributed by atoms with E-state index in [0.29, 0.717) is 18.7 Å². The normalized spacial score (nSPS) is 22.0. The van der Waals surface area contributed by atoms with Crippen LogP contribution in [-0.4, -0.2) is 48.7 Å². The number of halogens is 1.